The molecule has 2 fully saturated rings. The predicted octanol–water partition coefficient (Wildman–Crippen LogP) is 1.51. The van der Waals surface area contributed by atoms with E-state index in [9.17, 15) is 4.79 Å². The summed E-state index contributed by atoms with van der Waals surface area (Å²) in [5.74, 6) is 0.296. The number of carbonyl (C=O) groups is 1. The topological polar surface area (TPSA) is 32.8 Å². The summed E-state index contributed by atoms with van der Waals surface area (Å²) in [7, 11) is 2.13. The van der Waals surface area contributed by atoms with E-state index in [1.165, 1.54) is 5.56 Å². The second-order valence-corrected chi connectivity index (χ2v) is 6.16. The largest absolute Gasteiger partial charge is 0.378 e. The third kappa shape index (κ3) is 2.83. The van der Waals surface area contributed by atoms with E-state index in [0.717, 1.165) is 39.0 Å². The number of amides is 1. The Labute approximate surface area is 126 Å². The van der Waals surface area contributed by atoms with Crippen molar-refractivity contribution >= 4 is 5.91 Å². The van der Waals surface area contributed by atoms with Gasteiger partial charge < -0.3 is 14.5 Å². The van der Waals surface area contributed by atoms with Crippen LogP contribution in [0.3, 0.4) is 0 Å². The van der Waals surface area contributed by atoms with Crippen LogP contribution >= 0.6 is 0 Å². The van der Waals surface area contributed by atoms with E-state index in [0.29, 0.717) is 19.1 Å². The number of benzene rings is 1. The van der Waals surface area contributed by atoms with Gasteiger partial charge in [-0.1, -0.05) is 30.3 Å². The lowest BCUT2D eigenvalue weighted by Gasteiger charge is -2.43. The minimum atomic E-state index is -0.342. The number of carbonyl (C=O) groups excluding carboxylic acids is 1. The van der Waals surface area contributed by atoms with Gasteiger partial charge in [-0.05, 0) is 38.5 Å². The first kappa shape index (κ1) is 14.5. The molecule has 21 heavy (non-hydrogen) atoms. The normalized spacial score (nSPS) is 23.0. The van der Waals surface area contributed by atoms with Gasteiger partial charge in [0.05, 0.1) is 18.6 Å². The number of morpholine rings is 1. The maximum Gasteiger partial charge on any atom is 0.233 e. The lowest BCUT2D eigenvalue weighted by Crippen LogP contribution is -2.54. The van der Waals surface area contributed by atoms with Crippen molar-refractivity contribution in [3.05, 3.63) is 35.9 Å². The Bertz CT molecular complexity index is 475. The second kappa shape index (κ2) is 6.16. The van der Waals surface area contributed by atoms with Crippen molar-refractivity contribution in [1.29, 1.82) is 0 Å². The Morgan fingerprint density at radius 3 is 2.29 bits per heavy atom. The molecule has 0 spiro atoms. The highest BCUT2D eigenvalue weighted by molar-refractivity contribution is 5.88. The van der Waals surface area contributed by atoms with Gasteiger partial charge in [0.1, 0.15) is 0 Å². The van der Waals surface area contributed by atoms with Gasteiger partial charge >= 0.3 is 0 Å². The fraction of sp³-hybridized carbons (Fsp3) is 0.588. The zero-order chi connectivity index (χ0) is 14.7. The molecule has 0 unspecified atom stereocenters. The third-order valence-electron chi connectivity index (χ3n) is 4.87. The summed E-state index contributed by atoms with van der Waals surface area (Å²) < 4.78 is 5.39. The minimum absolute atomic E-state index is 0.296. The van der Waals surface area contributed by atoms with Crippen molar-refractivity contribution < 1.29 is 9.53 Å². The molecule has 2 saturated heterocycles. The highest BCUT2D eigenvalue weighted by Gasteiger charge is 2.44. The summed E-state index contributed by atoms with van der Waals surface area (Å²) in [5.41, 5.74) is 0.833. The highest BCUT2D eigenvalue weighted by atomic mass is 16.5. The molecule has 4 nitrogen and oxygen atoms in total. The highest BCUT2D eigenvalue weighted by Crippen LogP contribution is 2.37. The number of piperidine rings is 1. The standard InChI is InChI=1S/C17H24N2O2/c1-18-9-7-17(8-10-18,15-5-3-2-4-6-15)16(20)19-11-13-21-14-12-19/h2-6H,7-14H2,1H3. The fourth-order valence-electron chi connectivity index (χ4n) is 3.45. The number of rotatable bonds is 2. The van der Waals surface area contributed by atoms with Gasteiger partial charge in [0.2, 0.25) is 5.91 Å². The number of nitrogens with zero attached hydrogens (tertiary/aromatic N) is 2. The Balaban J connectivity index is 1.90. The first-order valence-electron chi connectivity index (χ1n) is 7.83. The average Bonchev–Trinajstić information content (AvgIpc) is 2.57. The van der Waals surface area contributed by atoms with E-state index >= 15 is 0 Å². The minimum Gasteiger partial charge on any atom is -0.378 e. The fourth-order valence-corrected chi connectivity index (χ4v) is 3.45. The molecule has 2 aliphatic rings. The smallest absolute Gasteiger partial charge is 0.233 e. The van der Waals surface area contributed by atoms with E-state index < -0.39 is 0 Å². The molecule has 0 aliphatic carbocycles. The summed E-state index contributed by atoms with van der Waals surface area (Å²) >= 11 is 0. The first-order chi connectivity index (χ1) is 10.2. The zero-order valence-electron chi connectivity index (χ0n) is 12.8. The zero-order valence-corrected chi connectivity index (χ0v) is 12.8. The van der Waals surface area contributed by atoms with Crippen molar-refractivity contribution in [3.8, 4) is 0 Å². The summed E-state index contributed by atoms with van der Waals surface area (Å²) in [6.45, 7) is 4.73. The van der Waals surface area contributed by atoms with Crippen LogP contribution in [0.15, 0.2) is 30.3 Å². The van der Waals surface area contributed by atoms with E-state index in [2.05, 4.69) is 24.1 Å². The third-order valence-corrected chi connectivity index (χ3v) is 4.87. The lowest BCUT2D eigenvalue weighted by atomic mass is 9.71. The van der Waals surface area contributed by atoms with E-state index in [1.807, 2.05) is 23.1 Å². The van der Waals surface area contributed by atoms with Crippen molar-refractivity contribution in [2.24, 2.45) is 0 Å². The molecule has 1 aromatic carbocycles. The van der Waals surface area contributed by atoms with Gasteiger partial charge in [-0.15, -0.1) is 0 Å². The second-order valence-electron chi connectivity index (χ2n) is 6.16. The van der Waals surface area contributed by atoms with E-state index in [-0.39, 0.29) is 5.41 Å². The maximum atomic E-state index is 13.2. The molecule has 1 amide bonds. The van der Waals surface area contributed by atoms with Crippen LogP contribution in [0.5, 0.6) is 0 Å². The molecule has 1 aromatic rings. The van der Waals surface area contributed by atoms with Crippen molar-refractivity contribution in [2.75, 3.05) is 46.4 Å². The van der Waals surface area contributed by atoms with Gasteiger partial charge in [-0.25, -0.2) is 0 Å². The van der Waals surface area contributed by atoms with Crippen molar-refractivity contribution in [2.45, 2.75) is 18.3 Å². The Morgan fingerprint density at radius 1 is 1.05 bits per heavy atom. The van der Waals surface area contributed by atoms with Crippen LogP contribution in [-0.2, 0) is 14.9 Å². The molecule has 2 aliphatic heterocycles. The molecule has 114 valence electrons. The molecule has 0 radical (unpaired) electrons. The molecule has 2 heterocycles. The maximum absolute atomic E-state index is 13.2. The SMILES string of the molecule is CN1CCC(C(=O)N2CCOCC2)(c2ccccc2)CC1. The van der Waals surface area contributed by atoms with E-state index in [1.54, 1.807) is 0 Å². The van der Waals surface area contributed by atoms with Crippen LogP contribution in [0.25, 0.3) is 0 Å². The number of likely N-dealkylation sites (tertiary alicyclic amines) is 1. The molecule has 0 saturated carbocycles. The van der Waals surface area contributed by atoms with Crippen LogP contribution in [0.2, 0.25) is 0 Å². The van der Waals surface area contributed by atoms with Gasteiger partial charge in [-0.2, -0.15) is 0 Å². The van der Waals surface area contributed by atoms with Crippen LogP contribution in [0.1, 0.15) is 18.4 Å². The molecule has 0 bridgehead atoms. The van der Waals surface area contributed by atoms with Crippen molar-refractivity contribution in [1.82, 2.24) is 9.80 Å². The molecule has 3 rings (SSSR count). The van der Waals surface area contributed by atoms with Crippen LogP contribution < -0.4 is 0 Å². The summed E-state index contributed by atoms with van der Waals surface area (Å²) in [5, 5.41) is 0. The summed E-state index contributed by atoms with van der Waals surface area (Å²) in [6, 6.07) is 10.3. The average molecular weight is 288 g/mol. The Morgan fingerprint density at radius 2 is 1.67 bits per heavy atom. The molecular weight excluding hydrogens is 264 g/mol. The number of ether oxygens (including phenoxy) is 1. The predicted molar refractivity (Wildman–Crippen MR) is 82.3 cm³/mol. The van der Waals surface area contributed by atoms with Gasteiger partial charge in [0.25, 0.3) is 0 Å². The molecule has 0 N–H and O–H groups in total. The van der Waals surface area contributed by atoms with Crippen LogP contribution in [0, 0.1) is 0 Å². The Kier molecular flexibility index (Phi) is 4.27. The van der Waals surface area contributed by atoms with Crippen LogP contribution in [-0.4, -0.2) is 62.1 Å². The summed E-state index contributed by atoms with van der Waals surface area (Å²) in [6.07, 6.45) is 1.81. The molecule has 0 aromatic heterocycles. The van der Waals surface area contributed by atoms with Gasteiger partial charge in [0, 0.05) is 13.1 Å². The van der Waals surface area contributed by atoms with E-state index in [4.69, 9.17) is 4.74 Å². The van der Waals surface area contributed by atoms with Crippen molar-refractivity contribution in [3.63, 3.8) is 0 Å². The number of hydrogen-bond donors (Lipinski definition) is 0. The first-order valence-corrected chi connectivity index (χ1v) is 7.83. The Hall–Kier alpha value is -1.39. The quantitative estimate of drug-likeness (QED) is 0.827. The summed E-state index contributed by atoms with van der Waals surface area (Å²) in [4.78, 5) is 17.5. The van der Waals surface area contributed by atoms with Crippen LogP contribution in [0.4, 0.5) is 0 Å². The molecule has 4 heteroatoms. The molecular formula is C17H24N2O2. The number of hydrogen-bond acceptors (Lipinski definition) is 3. The molecule has 0 atom stereocenters. The van der Waals surface area contributed by atoms with Gasteiger partial charge in [-0.3, -0.25) is 4.79 Å². The van der Waals surface area contributed by atoms with Gasteiger partial charge in [0.15, 0.2) is 0 Å². The lowest BCUT2D eigenvalue weighted by molar-refractivity contribution is -0.143. The monoisotopic (exact) mass is 288 g/mol.